The lowest BCUT2D eigenvalue weighted by Crippen LogP contribution is -2.44. The third-order valence-corrected chi connectivity index (χ3v) is 7.53. The summed E-state index contributed by atoms with van der Waals surface area (Å²) in [5.74, 6) is 1.50. The largest absolute Gasteiger partial charge is 0.352 e. The third kappa shape index (κ3) is 5.01. The summed E-state index contributed by atoms with van der Waals surface area (Å²) >= 11 is 0. The highest BCUT2D eigenvalue weighted by atomic mass is 16.1. The summed E-state index contributed by atoms with van der Waals surface area (Å²) in [7, 11) is 2.14. The van der Waals surface area contributed by atoms with Gasteiger partial charge in [-0.3, -0.25) is 14.9 Å². The Kier molecular flexibility index (Phi) is 6.36. The first-order chi connectivity index (χ1) is 20.1. The van der Waals surface area contributed by atoms with Gasteiger partial charge in [0.2, 0.25) is 5.91 Å². The first kappa shape index (κ1) is 24.9. The molecule has 0 bridgehead atoms. The average Bonchev–Trinajstić information content (AvgIpc) is 3.62. The van der Waals surface area contributed by atoms with Crippen LogP contribution in [0.15, 0.2) is 79.3 Å². The van der Waals surface area contributed by atoms with Crippen molar-refractivity contribution in [3.63, 3.8) is 0 Å². The summed E-state index contributed by atoms with van der Waals surface area (Å²) in [5.41, 5.74) is 6.89. The molecule has 204 valence electrons. The van der Waals surface area contributed by atoms with Gasteiger partial charge in [-0.2, -0.15) is 5.10 Å². The first-order valence-corrected chi connectivity index (χ1v) is 13.7. The SMILES string of the molecule is CN1CCN(c2nccc3[nH]c(-c4n[nH]c5ccc(-c6cncc(NC(=O)Cc7ccccc7)c6)cc45)nc23)CC1. The predicted octanol–water partition coefficient (Wildman–Crippen LogP) is 4.50. The molecule has 2 aromatic carbocycles. The molecule has 0 saturated carbocycles. The molecule has 7 rings (SSSR count). The number of imidazole rings is 1. The Balaban J connectivity index is 1.18. The van der Waals surface area contributed by atoms with Crippen LogP contribution in [0.2, 0.25) is 0 Å². The number of aromatic amines is 2. The van der Waals surface area contributed by atoms with Gasteiger partial charge in [-0.25, -0.2) is 9.97 Å². The van der Waals surface area contributed by atoms with E-state index in [1.165, 1.54) is 0 Å². The highest BCUT2D eigenvalue weighted by Crippen LogP contribution is 2.32. The second-order valence-corrected chi connectivity index (χ2v) is 10.4. The van der Waals surface area contributed by atoms with E-state index in [-0.39, 0.29) is 5.91 Å². The van der Waals surface area contributed by atoms with Crippen LogP contribution in [0.1, 0.15) is 5.56 Å². The third-order valence-electron chi connectivity index (χ3n) is 7.53. The number of carbonyl (C=O) groups is 1. The van der Waals surface area contributed by atoms with Gasteiger partial charge < -0.3 is 20.1 Å². The van der Waals surface area contributed by atoms with Crippen molar-refractivity contribution in [3.8, 4) is 22.6 Å². The van der Waals surface area contributed by atoms with Crippen molar-refractivity contribution in [3.05, 3.63) is 84.8 Å². The molecule has 0 aliphatic carbocycles. The number of aromatic nitrogens is 6. The molecule has 5 heterocycles. The second kappa shape index (κ2) is 10.5. The van der Waals surface area contributed by atoms with Crippen LogP contribution < -0.4 is 10.2 Å². The Morgan fingerprint density at radius 3 is 2.66 bits per heavy atom. The van der Waals surface area contributed by atoms with Crippen molar-refractivity contribution in [1.82, 2.24) is 35.0 Å². The predicted molar refractivity (Wildman–Crippen MR) is 161 cm³/mol. The summed E-state index contributed by atoms with van der Waals surface area (Å²) in [6, 6.07) is 19.7. The number of rotatable bonds is 6. The maximum atomic E-state index is 12.6. The van der Waals surface area contributed by atoms with Gasteiger partial charge in [0.15, 0.2) is 11.6 Å². The zero-order valence-corrected chi connectivity index (χ0v) is 22.6. The number of carbonyl (C=O) groups excluding carboxylic acids is 1. The summed E-state index contributed by atoms with van der Waals surface area (Å²) in [6.07, 6.45) is 5.59. The standard InChI is InChI=1S/C31H29N9O/c1-39-11-13-40(14-12-39)31-29-26(9-10-33-31)35-30(36-29)28-24-17-21(7-8-25(24)37-38-28)22-16-23(19-32-18-22)34-27(41)15-20-5-3-2-4-6-20/h2-10,16-19H,11-15H2,1H3,(H,34,41)(H,35,36)(H,37,38). The Labute approximate surface area is 236 Å². The van der Waals surface area contributed by atoms with Crippen LogP contribution in [0.25, 0.3) is 44.6 Å². The lowest BCUT2D eigenvalue weighted by molar-refractivity contribution is -0.115. The number of H-pyrrole nitrogens is 2. The monoisotopic (exact) mass is 543 g/mol. The molecular formula is C31H29N9O. The minimum absolute atomic E-state index is 0.0851. The van der Waals surface area contributed by atoms with Gasteiger partial charge in [0.05, 0.1) is 29.3 Å². The van der Waals surface area contributed by atoms with Gasteiger partial charge in [0.1, 0.15) is 11.2 Å². The van der Waals surface area contributed by atoms with Crippen LogP contribution in [0.5, 0.6) is 0 Å². The van der Waals surface area contributed by atoms with E-state index in [0.717, 1.165) is 76.3 Å². The Hall–Kier alpha value is -5.09. The molecule has 0 radical (unpaired) electrons. The van der Waals surface area contributed by atoms with Crippen molar-refractivity contribution >= 4 is 39.3 Å². The van der Waals surface area contributed by atoms with Crippen LogP contribution in [0, 0.1) is 0 Å². The molecule has 1 aliphatic heterocycles. The van der Waals surface area contributed by atoms with Gasteiger partial charge in [-0.1, -0.05) is 36.4 Å². The zero-order chi connectivity index (χ0) is 27.8. The Morgan fingerprint density at radius 2 is 1.80 bits per heavy atom. The Bertz CT molecular complexity index is 1850. The average molecular weight is 544 g/mol. The van der Waals surface area contributed by atoms with Gasteiger partial charge in [-0.15, -0.1) is 0 Å². The van der Waals surface area contributed by atoms with Crippen molar-refractivity contribution in [2.24, 2.45) is 0 Å². The number of hydrogen-bond acceptors (Lipinski definition) is 7. The van der Waals surface area contributed by atoms with E-state index < -0.39 is 0 Å². The maximum Gasteiger partial charge on any atom is 0.228 e. The molecule has 1 aliphatic rings. The number of fused-ring (bicyclic) bond motifs is 2. The summed E-state index contributed by atoms with van der Waals surface area (Å²) in [6.45, 7) is 3.82. The van der Waals surface area contributed by atoms with Crippen molar-refractivity contribution in [1.29, 1.82) is 0 Å². The molecule has 0 unspecified atom stereocenters. The quantitative estimate of drug-likeness (QED) is 0.283. The van der Waals surface area contributed by atoms with Crippen LogP contribution in [0.3, 0.4) is 0 Å². The highest BCUT2D eigenvalue weighted by molar-refractivity contribution is 5.97. The van der Waals surface area contributed by atoms with Crippen molar-refractivity contribution in [2.45, 2.75) is 6.42 Å². The number of anilines is 2. The van der Waals surface area contributed by atoms with E-state index in [1.807, 2.05) is 60.8 Å². The molecule has 1 fully saturated rings. The minimum Gasteiger partial charge on any atom is -0.352 e. The number of piperazine rings is 1. The van der Waals surface area contributed by atoms with Gasteiger partial charge in [0, 0.05) is 49.5 Å². The topological polar surface area (TPSA) is 119 Å². The van der Waals surface area contributed by atoms with E-state index in [9.17, 15) is 4.79 Å². The van der Waals surface area contributed by atoms with Crippen molar-refractivity contribution in [2.75, 3.05) is 43.4 Å². The normalized spacial score (nSPS) is 14.1. The summed E-state index contributed by atoms with van der Waals surface area (Å²) in [4.78, 5) is 34.7. The van der Waals surface area contributed by atoms with Gasteiger partial charge in [0.25, 0.3) is 0 Å². The molecule has 6 aromatic rings. The summed E-state index contributed by atoms with van der Waals surface area (Å²) in [5, 5.41) is 11.7. The molecule has 0 atom stereocenters. The van der Waals surface area contributed by atoms with Gasteiger partial charge in [-0.05, 0) is 42.4 Å². The molecule has 10 heteroatoms. The molecule has 3 N–H and O–H groups in total. The highest BCUT2D eigenvalue weighted by Gasteiger charge is 2.21. The lowest BCUT2D eigenvalue weighted by atomic mass is 10.0. The smallest absolute Gasteiger partial charge is 0.228 e. The first-order valence-electron chi connectivity index (χ1n) is 13.7. The Morgan fingerprint density at radius 1 is 0.951 bits per heavy atom. The molecule has 10 nitrogen and oxygen atoms in total. The number of nitrogens with one attached hydrogen (secondary N) is 3. The summed E-state index contributed by atoms with van der Waals surface area (Å²) < 4.78 is 0. The van der Waals surface area contributed by atoms with Crippen LogP contribution in [-0.4, -0.2) is 74.2 Å². The fraction of sp³-hybridized carbons (Fsp3) is 0.194. The molecule has 4 aromatic heterocycles. The fourth-order valence-electron chi connectivity index (χ4n) is 5.31. The maximum absolute atomic E-state index is 12.6. The van der Waals surface area contributed by atoms with E-state index >= 15 is 0 Å². The number of benzene rings is 2. The second-order valence-electron chi connectivity index (χ2n) is 10.4. The number of amides is 1. The van der Waals surface area contributed by atoms with Crippen molar-refractivity contribution < 1.29 is 4.79 Å². The fourth-order valence-corrected chi connectivity index (χ4v) is 5.31. The minimum atomic E-state index is -0.0851. The van der Waals surface area contributed by atoms with Crippen LogP contribution >= 0.6 is 0 Å². The number of pyridine rings is 2. The zero-order valence-electron chi connectivity index (χ0n) is 22.6. The number of hydrogen-bond donors (Lipinski definition) is 3. The molecule has 1 saturated heterocycles. The van der Waals surface area contributed by atoms with E-state index in [1.54, 1.807) is 12.4 Å². The van der Waals surface area contributed by atoms with E-state index in [2.05, 4.69) is 53.4 Å². The number of likely N-dealkylation sites (N-methyl/N-ethyl adjacent to an activating group) is 1. The van der Waals surface area contributed by atoms with Crippen LogP contribution in [0.4, 0.5) is 11.5 Å². The molecular weight excluding hydrogens is 514 g/mol. The molecule has 41 heavy (non-hydrogen) atoms. The lowest BCUT2D eigenvalue weighted by Gasteiger charge is -2.33. The van der Waals surface area contributed by atoms with E-state index in [4.69, 9.17) is 4.98 Å². The van der Waals surface area contributed by atoms with E-state index in [0.29, 0.717) is 17.9 Å². The van der Waals surface area contributed by atoms with Crippen LogP contribution in [-0.2, 0) is 11.2 Å². The number of nitrogens with zero attached hydrogens (tertiary/aromatic N) is 6. The molecule has 0 spiro atoms. The molecule has 1 amide bonds. The van der Waals surface area contributed by atoms with Gasteiger partial charge >= 0.3 is 0 Å².